The molecule has 3 rings (SSSR count). The zero-order chi connectivity index (χ0) is 17.8. The summed E-state index contributed by atoms with van der Waals surface area (Å²) in [7, 11) is 1.56. The quantitative estimate of drug-likeness (QED) is 0.547. The summed E-state index contributed by atoms with van der Waals surface area (Å²) in [5, 5.41) is 3.61. The number of aromatic nitrogens is 5. The zero-order valence-corrected chi connectivity index (χ0v) is 14.7. The number of aryl methyl sites for hydroxylation is 1. The molecular formula is C16H16N6O2S. The van der Waals surface area contributed by atoms with E-state index in [2.05, 4.69) is 30.2 Å². The molecule has 0 bridgehead atoms. The molecule has 0 aromatic carbocycles. The van der Waals surface area contributed by atoms with Gasteiger partial charge in [-0.25, -0.2) is 19.9 Å². The van der Waals surface area contributed by atoms with Gasteiger partial charge >= 0.3 is 0 Å². The molecule has 1 atom stereocenters. The summed E-state index contributed by atoms with van der Waals surface area (Å²) in [5.74, 6) is 1.55. The van der Waals surface area contributed by atoms with Crippen molar-refractivity contribution in [3.8, 4) is 17.3 Å². The van der Waals surface area contributed by atoms with Crippen molar-refractivity contribution in [3.05, 3.63) is 42.6 Å². The fourth-order valence-corrected chi connectivity index (χ4v) is 2.68. The predicted octanol–water partition coefficient (Wildman–Crippen LogP) is 2.13. The normalized spacial score (nSPS) is 11.8. The van der Waals surface area contributed by atoms with Crippen LogP contribution >= 0.6 is 0 Å². The highest BCUT2D eigenvalue weighted by Gasteiger charge is 2.16. The fourth-order valence-electron chi connectivity index (χ4n) is 2.14. The van der Waals surface area contributed by atoms with Gasteiger partial charge in [-0.15, -0.1) is 0 Å². The first-order valence-electron chi connectivity index (χ1n) is 7.34. The van der Waals surface area contributed by atoms with Crippen LogP contribution in [0.5, 0.6) is 5.88 Å². The standard InChI is InChI=1S/C16H16N6O2S/c1-10-20-12(8-14(21-10)25(3)23)15-16(18-7-6-17-15)22-11-4-5-13(24-2)19-9-11/h4-9H,1-3H3,(H,18,22). The van der Waals surface area contributed by atoms with Crippen LogP contribution in [-0.2, 0) is 11.2 Å². The minimum atomic E-state index is -1.22. The van der Waals surface area contributed by atoms with Gasteiger partial charge in [-0.05, 0) is 13.0 Å². The highest BCUT2D eigenvalue weighted by Crippen LogP contribution is 2.26. The van der Waals surface area contributed by atoms with Crippen LogP contribution < -0.4 is 10.1 Å². The van der Waals surface area contributed by atoms with Crippen LogP contribution in [0.1, 0.15) is 5.82 Å². The number of anilines is 2. The van der Waals surface area contributed by atoms with E-state index < -0.39 is 11.2 Å². The molecule has 0 aliphatic carbocycles. The lowest BCUT2D eigenvalue weighted by molar-refractivity contribution is 0.398. The topological polar surface area (TPSA) is 109 Å². The molecule has 0 fully saturated rings. The van der Waals surface area contributed by atoms with Crippen molar-refractivity contribution < 1.29 is 9.29 Å². The molecule has 1 unspecified atom stereocenters. The first kappa shape index (κ1) is 17.1. The molecule has 0 aliphatic rings. The Morgan fingerprint density at radius 1 is 1.12 bits per heavy atom. The molecule has 1 N–H and O–H groups in total. The van der Waals surface area contributed by atoms with Crippen molar-refractivity contribution in [1.29, 1.82) is 0 Å². The Bertz CT molecular complexity index is 873. The van der Waals surface area contributed by atoms with Gasteiger partial charge in [0.1, 0.15) is 23.5 Å². The lowest BCUT2D eigenvalue weighted by Crippen LogP contribution is -2.06. The molecule has 25 heavy (non-hydrogen) atoms. The maximum atomic E-state index is 11.8. The third-order valence-electron chi connectivity index (χ3n) is 3.26. The average Bonchev–Trinajstić information content (AvgIpc) is 2.62. The number of methoxy groups -OCH3 is 1. The van der Waals surface area contributed by atoms with Crippen molar-refractivity contribution in [2.24, 2.45) is 0 Å². The Morgan fingerprint density at radius 2 is 1.92 bits per heavy atom. The first-order chi connectivity index (χ1) is 12.1. The molecule has 0 saturated heterocycles. The number of pyridine rings is 1. The van der Waals surface area contributed by atoms with Gasteiger partial charge in [-0.2, -0.15) is 4.98 Å². The van der Waals surface area contributed by atoms with E-state index in [1.807, 2.05) is 6.07 Å². The Morgan fingerprint density at radius 3 is 2.60 bits per heavy atom. The van der Waals surface area contributed by atoms with Crippen molar-refractivity contribution in [2.75, 3.05) is 18.7 Å². The van der Waals surface area contributed by atoms with Crippen molar-refractivity contribution in [2.45, 2.75) is 11.9 Å². The molecule has 3 aromatic heterocycles. The number of hydrogen-bond donors (Lipinski definition) is 1. The fraction of sp³-hybridized carbons (Fsp3) is 0.188. The molecule has 9 heteroatoms. The van der Waals surface area contributed by atoms with E-state index in [1.54, 1.807) is 51.0 Å². The van der Waals surface area contributed by atoms with E-state index in [1.165, 1.54) is 0 Å². The third kappa shape index (κ3) is 4.01. The molecule has 0 aliphatic heterocycles. The van der Waals surface area contributed by atoms with Gasteiger partial charge in [0.15, 0.2) is 5.82 Å². The van der Waals surface area contributed by atoms with Crippen LogP contribution in [0.2, 0.25) is 0 Å². The molecule has 0 saturated carbocycles. The Labute approximate surface area is 147 Å². The van der Waals surface area contributed by atoms with Crippen LogP contribution in [-0.4, -0.2) is 42.8 Å². The van der Waals surface area contributed by atoms with E-state index in [4.69, 9.17) is 4.74 Å². The van der Waals surface area contributed by atoms with E-state index in [0.29, 0.717) is 33.9 Å². The summed E-state index contributed by atoms with van der Waals surface area (Å²) in [6, 6.07) is 5.22. The largest absolute Gasteiger partial charge is 0.610 e. The highest BCUT2D eigenvalue weighted by molar-refractivity contribution is 7.90. The lowest BCUT2D eigenvalue weighted by atomic mass is 10.2. The minimum absolute atomic E-state index is 0.449. The number of nitrogens with one attached hydrogen (secondary N) is 1. The summed E-state index contributed by atoms with van der Waals surface area (Å²) in [4.78, 5) is 21.4. The van der Waals surface area contributed by atoms with Gasteiger partial charge in [0.05, 0.1) is 19.0 Å². The van der Waals surface area contributed by atoms with Crippen LogP contribution in [0.3, 0.4) is 0 Å². The summed E-state index contributed by atoms with van der Waals surface area (Å²) in [6.07, 6.45) is 6.36. The summed E-state index contributed by atoms with van der Waals surface area (Å²) >= 11 is -1.22. The molecule has 8 nitrogen and oxygen atoms in total. The highest BCUT2D eigenvalue weighted by atomic mass is 32.2. The van der Waals surface area contributed by atoms with E-state index in [-0.39, 0.29) is 0 Å². The van der Waals surface area contributed by atoms with Gasteiger partial charge in [0.2, 0.25) is 10.9 Å². The van der Waals surface area contributed by atoms with Crippen LogP contribution in [0.15, 0.2) is 41.8 Å². The Hall–Kier alpha value is -2.78. The predicted molar refractivity (Wildman–Crippen MR) is 94.2 cm³/mol. The summed E-state index contributed by atoms with van der Waals surface area (Å²) < 4.78 is 16.8. The maximum Gasteiger partial charge on any atom is 0.248 e. The smallest absolute Gasteiger partial charge is 0.248 e. The summed E-state index contributed by atoms with van der Waals surface area (Å²) in [5.41, 5.74) is 1.82. The summed E-state index contributed by atoms with van der Waals surface area (Å²) in [6.45, 7) is 1.75. The molecule has 0 spiro atoms. The first-order valence-corrected chi connectivity index (χ1v) is 8.90. The SMILES string of the molecule is COc1ccc(Nc2nccnc2-c2cc([S+](C)[O-])nc(C)n2)cn1. The van der Waals surface area contributed by atoms with Crippen molar-refractivity contribution in [3.63, 3.8) is 0 Å². The second kappa shape index (κ2) is 7.41. The van der Waals surface area contributed by atoms with E-state index >= 15 is 0 Å². The molecule has 0 radical (unpaired) electrons. The lowest BCUT2D eigenvalue weighted by Gasteiger charge is -2.11. The third-order valence-corrected chi connectivity index (χ3v) is 4.06. The van der Waals surface area contributed by atoms with Gasteiger partial charge < -0.3 is 14.6 Å². The maximum absolute atomic E-state index is 11.8. The second-order valence-electron chi connectivity index (χ2n) is 5.06. The molecule has 3 heterocycles. The van der Waals surface area contributed by atoms with Crippen molar-refractivity contribution >= 4 is 22.7 Å². The van der Waals surface area contributed by atoms with Crippen LogP contribution in [0.4, 0.5) is 11.5 Å². The van der Waals surface area contributed by atoms with Gasteiger partial charge in [-0.3, -0.25) is 0 Å². The Kier molecular flexibility index (Phi) is 5.05. The average molecular weight is 356 g/mol. The van der Waals surface area contributed by atoms with Crippen LogP contribution in [0.25, 0.3) is 11.4 Å². The molecule has 0 amide bonds. The van der Waals surface area contributed by atoms with Gasteiger partial charge in [0, 0.05) is 35.7 Å². The number of ether oxygens (including phenoxy) is 1. The zero-order valence-electron chi connectivity index (χ0n) is 13.9. The number of hydrogen-bond acceptors (Lipinski definition) is 8. The number of nitrogens with zero attached hydrogens (tertiary/aromatic N) is 5. The molecular weight excluding hydrogens is 340 g/mol. The van der Waals surface area contributed by atoms with E-state index in [0.717, 1.165) is 5.69 Å². The Balaban J connectivity index is 1.98. The van der Waals surface area contributed by atoms with Gasteiger partial charge in [-0.1, -0.05) is 0 Å². The van der Waals surface area contributed by atoms with Gasteiger partial charge in [0.25, 0.3) is 0 Å². The van der Waals surface area contributed by atoms with Crippen molar-refractivity contribution in [1.82, 2.24) is 24.9 Å². The second-order valence-corrected chi connectivity index (χ2v) is 6.39. The molecule has 128 valence electrons. The van der Waals surface area contributed by atoms with Crippen LogP contribution in [0, 0.1) is 6.92 Å². The molecule has 3 aromatic rings. The number of rotatable bonds is 5. The monoisotopic (exact) mass is 356 g/mol. The minimum Gasteiger partial charge on any atom is -0.610 e. The van der Waals surface area contributed by atoms with E-state index in [9.17, 15) is 4.55 Å².